The van der Waals surface area contributed by atoms with E-state index in [1.807, 2.05) is 0 Å². The van der Waals surface area contributed by atoms with Crippen molar-refractivity contribution in [1.29, 1.82) is 0 Å². The number of carbonyl (C=O) groups excluding carboxylic acids is 1. The summed E-state index contributed by atoms with van der Waals surface area (Å²) in [4.78, 5) is 11.9. The van der Waals surface area contributed by atoms with Gasteiger partial charge in [0.15, 0.2) is 6.23 Å². The lowest BCUT2D eigenvalue weighted by Crippen LogP contribution is -2.20. The Hall–Kier alpha value is -2.21. The third kappa shape index (κ3) is 2.74. The van der Waals surface area contributed by atoms with Crippen LogP contribution in [0.25, 0.3) is 11.3 Å². The maximum Gasteiger partial charge on any atom is 0.338 e. The van der Waals surface area contributed by atoms with Gasteiger partial charge < -0.3 is 9.47 Å². The van der Waals surface area contributed by atoms with E-state index in [2.05, 4.69) is 5.10 Å². The van der Waals surface area contributed by atoms with Crippen molar-refractivity contribution in [2.24, 2.45) is 0 Å². The molecule has 0 bridgehead atoms. The molecule has 1 atom stereocenters. The second-order valence-corrected chi connectivity index (χ2v) is 5.16. The summed E-state index contributed by atoms with van der Waals surface area (Å²) in [5.41, 5.74) is 1.41. The van der Waals surface area contributed by atoms with Crippen molar-refractivity contribution in [3.63, 3.8) is 0 Å². The maximum absolute atomic E-state index is 13.7. The maximum atomic E-state index is 13.7. The third-order valence-corrected chi connectivity index (χ3v) is 3.76. The molecule has 1 aromatic heterocycles. The first kappa shape index (κ1) is 14.7. The van der Waals surface area contributed by atoms with Crippen LogP contribution in [0.15, 0.2) is 30.5 Å². The van der Waals surface area contributed by atoms with Crippen LogP contribution in [0.3, 0.4) is 0 Å². The minimum absolute atomic E-state index is 0.187. The molecule has 2 heterocycles. The number of rotatable bonds is 3. The van der Waals surface area contributed by atoms with Gasteiger partial charge in [0, 0.05) is 18.4 Å². The lowest BCUT2D eigenvalue weighted by atomic mass is 10.0. The zero-order valence-electron chi connectivity index (χ0n) is 12.3. The lowest BCUT2D eigenvalue weighted by molar-refractivity contribution is -0.0383. The number of carbonyl (C=O) groups is 1. The molecule has 0 amide bonds. The summed E-state index contributed by atoms with van der Waals surface area (Å²) in [6.07, 6.45) is 4.36. The van der Waals surface area contributed by atoms with Gasteiger partial charge >= 0.3 is 5.97 Å². The number of aromatic nitrogens is 2. The molecule has 3 rings (SSSR count). The number of esters is 1. The van der Waals surface area contributed by atoms with Crippen LogP contribution in [0.2, 0.25) is 0 Å². The summed E-state index contributed by atoms with van der Waals surface area (Å²) in [7, 11) is 1.30. The van der Waals surface area contributed by atoms with Gasteiger partial charge in [0.05, 0.1) is 18.4 Å². The molecular formula is C16H17FN2O3. The highest BCUT2D eigenvalue weighted by Gasteiger charge is 2.23. The van der Waals surface area contributed by atoms with E-state index in [1.165, 1.54) is 25.3 Å². The highest BCUT2D eigenvalue weighted by atomic mass is 19.1. The summed E-state index contributed by atoms with van der Waals surface area (Å²) in [5.74, 6) is -0.924. The molecule has 0 spiro atoms. The summed E-state index contributed by atoms with van der Waals surface area (Å²) in [5, 5.41) is 4.29. The van der Waals surface area contributed by atoms with Gasteiger partial charge in [0.2, 0.25) is 0 Å². The number of ether oxygens (including phenoxy) is 2. The number of benzene rings is 1. The van der Waals surface area contributed by atoms with Crippen molar-refractivity contribution in [2.45, 2.75) is 25.5 Å². The first-order valence-corrected chi connectivity index (χ1v) is 7.24. The quantitative estimate of drug-likeness (QED) is 0.817. The predicted molar refractivity (Wildman–Crippen MR) is 77.8 cm³/mol. The lowest BCUT2D eigenvalue weighted by Gasteiger charge is -2.25. The van der Waals surface area contributed by atoms with Crippen LogP contribution < -0.4 is 0 Å². The van der Waals surface area contributed by atoms with Crippen LogP contribution in [-0.2, 0) is 9.47 Å². The fourth-order valence-corrected chi connectivity index (χ4v) is 2.69. The Morgan fingerprint density at radius 1 is 1.41 bits per heavy atom. The Morgan fingerprint density at radius 3 is 3.00 bits per heavy atom. The SMILES string of the molecule is COC(=O)c1ccc(F)cc1-c1ccnn1C1CCCCO1. The average molecular weight is 304 g/mol. The number of hydrogen-bond donors (Lipinski definition) is 0. The van der Waals surface area contributed by atoms with Crippen molar-refractivity contribution < 1.29 is 18.7 Å². The molecule has 1 fully saturated rings. The van der Waals surface area contributed by atoms with E-state index in [0.717, 1.165) is 19.3 Å². The molecule has 0 radical (unpaired) electrons. The van der Waals surface area contributed by atoms with Gasteiger partial charge in [-0.2, -0.15) is 5.10 Å². The Bertz CT molecular complexity index is 678. The number of hydrogen-bond acceptors (Lipinski definition) is 4. The highest BCUT2D eigenvalue weighted by Crippen LogP contribution is 2.30. The third-order valence-electron chi connectivity index (χ3n) is 3.76. The summed E-state index contributed by atoms with van der Waals surface area (Å²) >= 11 is 0. The van der Waals surface area contributed by atoms with Crippen molar-refractivity contribution in [1.82, 2.24) is 9.78 Å². The van der Waals surface area contributed by atoms with Gasteiger partial charge in [-0.15, -0.1) is 0 Å². The summed E-state index contributed by atoms with van der Waals surface area (Å²) in [6.45, 7) is 0.678. The Balaban J connectivity index is 2.06. The average Bonchev–Trinajstić information content (AvgIpc) is 3.04. The van der Waals surface area contributed by atoms with E-state index in [9.17, 15) is 9.18 Å². The monoisotopic (exact) mass is 304 g/mol. The summed E-state index contributed by atoms with van der Waals surface area (Å²) < 4.78 is 25.9. The van der Waals surface area contributed by atoms with E-state index in [4.69, 9.17) is 9.47 Å². The van der Waals surface area contributed by atoms with Gasteiger partial charge in [-0.25, -0.2) is 13.9 Å². The normalized spacial score (nSPS) is 18.2. The molecule has 1 aromatic carbocycles. The van der Waals surface area contributed by atoms with E-state index < -0.39 is 11.8 Å². The number of halogens is 1. The molecule has 116 valence electrons. The van der Waals surface area contributed by atoms with Gasteiger partial charge in [0.1, 0.15) is 5.82 Å². The topological polar surface area (TPSA) is 53.3 Å². The van der Waals surface area contributed by atoms with Gasteiger partial charge in [0.25, 0.3) is 0 Å². The van der Waals surface area contributed by atoms with Crippen molar-refractivity contribution >= 4 is 5.97 Å². The molecule has 5 nitrogen and oxygen atoms in total. The molecule has 2 aromatic rings. The largest absolute Gasteiger partial charge is 0.465 e. The number of methoxy groups -OCH3 is 1. The molecule has 0 N–H and O–H groups in total. The molecule has 1 aliphatic heterocycles. The van der Waals surface area contributed by atoms with Crippen LogP contribution in [0.5, 0.6) is 0 Å². The van der Waals surface area contributed by atoms with Crippen molar-refractivity contribution in [2.75, 3.05) is 13.7 Å². The number of nitrogens with zero attached hydrogens (tertiary/aromatic N) is 2. The predicted octanol–water partition coefficient (Wildman–Crippen LogP) is 3.17. The van der Waals surface area contributed by atoms with Gasteiger partial charge in [-0.05, 0) is 43.5 Å². The molecule has 6 heteroatoms. The zero-order chi connectivity index (χ0) is 15.5. The zero-order valence-corrected chi connectivity index (χ0v) is 12.3. The minimum atomic E-state index is -0.507. The molecule has 1 saturated heterocycles. The molecule has 1 aliphatic rings. The standard InChI is InChI=1S/C16H17FN2O3/c1-21-16(20)12-6-5-11(17)10-13(12)14-7-8-18-19(14)15-4-2-3-9-22-15/h5-8,10,15H,2-4,9H2,1H3. The van der Waals surface area contributed by atoms with Crippen molar-refractivity contribution in [3.05, 3.63) is 41.8 Å². The van der Waals surface area contributed by atoms with Crippen LogP contribution in [0, 0.1) is 5.82 Å². The Kier molecular flexibility index (Phi) is 4.20. The fraction of sp³-hybridized carbons (Fsp3) is 0.375. The van der Waals surface area contributed by atoms with Crippen LogP contribution in [-0.4, -0.2) is 29.5 Å². The molecular weight excluding hydrogens is 287 g/mol. The second-order valence-electron chi connectivity index (χ2n) is 5.16. The Morgan fingerprint density at radius 2 is 2.27 bits per heavy atom. The van der Waals surface area contributed by atoms with Gasteiger partial charge in [-0.3, -0.25) is 0 Å². The molecule has 22 heavy (non-hydrogen) atoms. The van der Waals surface area contributed by atoms with Gasteiger partial charge in [-0.1, -0.05) is 0 Å². The first-order valence-electron chi connectivity index (χ1n) is 7.24. The smallest absolute Gasteiger partial charge is 0.338 e. The van der Waals surface area contributed by atoms with Crippen LogP contribution >= 0.6 is 0 Å². The van der Waals surface area contributed by atoms with Crippen molar-refractivity contribution in [3.8, 4) is 11.3 Å². The summed E-state index contributed by atoms with van der Waals surface area (Å²) in [6, 6.07) is 5.74. The second kappa shape index (κ2) is 6.27. The molecule has 0 saturated carbocycles. The highest BCUT2D eigenvalue weighted by molar-refractivity contribution is 5.96. The molecule has 0 aliphatic carbocycles. The van der Waals surface area contributed by atoms with Crippen LogP contribution in [0.1, 0.15) is 35.8 Å². The minimum Gasteiger partial charge on any atom is -0.465 e. The first-order chi connectivity index (χ1) is 10.7. The van der Waals surface area contributed by atoms with E-state index >= 15 is 0 Å². The molecule has 1 unspecified atom stereocenters. The van der Waals surface area contributed by atoms with Crippen LogP contribution in [0.4, 0.5) is 4.39 Å². The van der Waals surface area contributed by atoms with E-state index in [0.29, 0.717) is 23.4 Å². The fourth-order valence-electron chi connectivity index (χ4n) is 2.69. The van der Waals surface area contributed by atoms with E-state index in [1.54, 1.807) is 16.9 Å². The Labute approximate surface area is 127 Å². The van der Waals surface area contributed by atoms with E-state index in [-0.39, 0.29) is 6.23 Å².